The van der Waals surface area contributed by atoms with Crippen LogP contribution < -0.4 is 10.6 Å². The van der Waals surface area contributed by atoms with E-state index in [0.29, 0.717) is 5.92 Å². The number of carbonyl (C=O) groups is 1. The number of hydrogen-bond acceptors (Lipinski definition) is 4. The van der Waals surface area contributed by atoms with Gasteiger partial charge in [-0.25, -0.2) is 4.98 Å². The Morgan fingerprint density at radius 1 is 1.40 bits per heavy atom. The first-order valence-electron chi connectivity index (χ1n) is 7.28. The van der Waals surface area contributed by atoms with Gasteiger partial charge >= 0.3 is 0 Å². The predicted octanol–water partition coefficient (Wildman–Crippen LogP) is 1.47. The fourth-order valence-electron chi connectivity index (χ4n) is 2.57. The highest BCUT2D eigenvalue weighted by Gasteiger charge is 2.19. The number of likely N-dealkylation sites (tertiary alicyclic amines) is 1. The molecular weight excluding hydrogens is 252 g/mol. The Balaban J connectivity index is 1.77. The Labute approximate surface area is 120 Å². The molecule has 0 radical (unpaired) electrons. The predicted molar refractivity (Wildman–Crippen MR) is 80.5 cm³/mol. The van der Waals surface area contributed by atoms with Gasteiger partial charge in [-0.05, 0) is 44.0 Å². The topological polar surface area (TPSA) is 57.3 Å². The molecule has 1 amide bonds. The maximum absolute atomic E-state index is 10.9. The molecule has 5 heteroatoms. The number of anilines is 1. The molecule has 0 bridgehead atoms. The van der Waals surface area contributed by atoms with Gasteiger partial charge in [-0.15, -0.1) is 0 Å². The summed E-state index contributed by atoms with van der Waals surface area (Å²) in [6.07, 6.45) is 2.29. The molecule has 0 unspecified atom stereocenters. The molecule has 0 aliphatic carbocycles. The van der Waals surface area contributed by atoms with Gasteiger partial charge in [0.1, 0.15) is 5.82 Å². The van der Waals surface area contributed by atoms with Gasteiger partial charge in [0, 0.05) is 27.1 Å². The van der Waals surface area contributed by atoms with Crippen LogP contribution >= 0.6 is 0 Å². The summed E-state index contributed by atoms with van der Waals surface area (Å²) in [6.45, 7) is 5.46. The summed E-state index contributed by atoms with van der Waals surface area (Å²) in [4.78, 5) is 17.9. The molecule has 20 heavy (non-hydrogen) atoms. The van der Waals surface area contributed by atoms with E-state index in [1.165, 1.54) is 0 Å². The van der Waals surface area contributed by atoms with Crippen LogP contribution in [0.2, 0.25) is 0 Å². The van der Waals surface area contributed by atoms with Crippen LogP contribution in [0.3, 0.4) is 0 Å². The van der Waals surface area contributed by atoms with Gasteiger partial charge in [-0.2, -0.15) is 0 Å². The van der Waals surface area contributed by atoms with Crippen LogP contribution in [-0.2, 0) is 11.3 Å². The van der Waals surface area contributed by atoms with Gasteiger partial charge in [0.05, 0.1) is 5.69 Å². The number of pyridine rings is 1. The van der Waals surface area contributed by atoms with Crippen molar-refractivity contribution in [3.63, 3.8) is 0 Å². The Hall–Kier alpha value is -1.62. The first-order valence-corrected chi connectivity index (χ1v) is 7.28. The van der Waals surface area contributed by atoms with Crippen molar-refractivity contribution in [1.29, 1.82) is 0 Å². The average molecular weight is 276 g/mol. The highest BCUT2D eigenvalue weighted by atomic mass is 16.1. The van der Waals surface area contributed by atoms with Crippen molar-refractivity contribution in [1.82, 2.24) is 15.2 Å². The molecule has 5 nitrogen and oxygen atoms in total. The zero-order valence-corrected chi connectivity index (χ0v) is 12.4. The van der Waals surface area contributed by atoms with Crippen molar-refractivity contribution in [2.24, 2.45) is 5.92 Å². The van der Waals surface area contributed by atoms with Crippen LogP contribution in [-0.4, -0.2) is 42.5 Å². The Kier molecular flexibility index (Phi) is 5.35. The third kappa shape index (κ3) is 4.49. The van der Waals surface area contributed by atoms with Gasteiger partial charge in [-0.1, -0.05) is 6.07 Å². The lowest BCUT2D eigenvalue weighted by atomic mass is 9.96. The van der Waals surface area contributed by atoms with Gasteiger partial charge in [-0.3, -0.25) is 9.69 Å². The molecule has 1 aliphatic heterocycles. The van der Waals surface area contributed by atoms with E-state index in [9.17, 15) is 4.79 Å². The van der Waals surface area contributed by atoms with Crippen LogP contribution in [0.1, 0.15) is 25.5 Å². The Morgan fingerprint density at radius 3 is 2.80 bits per heavy atom. The van der Waals surface area contributed by atoms with Crippen molar-refractivity contribution in [2.75, 3.05) is 32.0 Å². The van der Waals surface area contributed by atoms with Crippen molar-refractivity contribution in [3.8, 4) is 0 Å². The zero-order chi connectivity index (χ0) is 14.4. The van der Waals surface area contributed by atoms with E-state index >= 15 is 0 Å². The summed E-state index contributed by atoms with van der Waals surface area (Å²) in [7, 11) is 1.89. The zero-order valence-electron chi connectivity index (χ0n) is 12.4. The second-order valence-electron chi connectivity index (χ2n) is 5.42. The van der Waals surface area contributed by atoms with Crippen LogP contribution in [0.25, 0.3) is 0 Å². The fourth-order valence-corrected chi connectivity index (χ4v) is 2.57. The minimum Gasteiger partial charge on any atom is -0.373 e. The third-order valence-electron chi connectivity index (χ3n) is 3.80. The Bertz CT molecular complexity index is 441. The van der Waals surface area contributed by atoms with E-state index in [4.69, 9.17) is 0 Å². The number of piperidine rings is 1. The molecule has 2 rings (SSSR count). The molecule has 1 aromatic heterocycles. The largest absolute Gasteiger partial charge is 0.373 e. The van der Waals surface area contributed by atoms with E-state index in [1.54, 1.807) is 6.92 Å². The lowest BCUT2D eigenvalue weighted by Gasteiger charge is -2.31. The quantitative estimate of drug-likeness (QED) is 0.855. The third-order valence-corrected chi connectivity index (χ3v) is 3.80. The molecule has 0 aromatic carbocycles. The Morgan fingerprint density at radius 2 is 2.15 bits per heavy atom. The maximum atomic E-state index is 10.9. The van der Waals surface area contributed by atoms with Crippen LogP contribution in [0.15, 0.2) is 18.2 Å². The van der Waals surface area contributed by atoms with Crippen molar-refractivity contribution in [2.45, 2.75) is 26.3 Å². The number of nitrogens with one attached hydrogen (secondary N) is 2. The molecule has 0 saturated carbocycles. The smallest absolute Gasteiger partial charge is 0.216 e. The molecule has 110 valence electrons. The number of amides is 1. The summed E-state index contributed by atoms with van der Waals surface area (Å²) < 4.78 is 0. The minimum absolute atomic E-state index is 0.0699. The molecular formula is C15H24N4O. The standard InChI is InChI=1S/C15H24N4O/c1-12(20)17-10-13-6-8-19(9-7-13)11-14-4-3-5-15(16-2)18-14/h3-5,13H,6-11H2,1-2H3,(H,16,18)(H,17,20). The number of carbonyl (C=O) groups excluding carboxylic acids is 1. The normalized spacial score (nSPS) is 16.9. The molecule has 2 N–H and O–H groups in total. The summed E-state index contributed by atoms with van der Waals surface area (Å²) >= 11 is 0. The number of rotatable bonds is 5. The maximum Gasteiger partial charge on any atom is 0.216 e. The summed E-state index contributed by atoms with van der Waals surface area (Å²) in [5, 5.41) is 5.99. The highest BCUT2D eigenvalue weighted by Crippen LogP contribution is 2.18. The van der Waals surface area contributed by atoms with E-state index < -0.39 is 0 Å². The van der Waals surface area contributed by atoms with Gasteiger partial charge in [0.2, 0.25) is 5.91 Å². The lowest BCUT2D eigenvalue weighted by molar-refractivity contribution is -0.119. The molecule has 1 fully saturated rings. The van der Waals surface area contributed by atoms with Gasteiger partial charge in [0.15, 0.2) is 0 Å². The highest BCUT2D eigenvalue weighted by molar-refractivity contribution is 5.72. The monoisotopic (exact) mass is 276 g/mol. The average Bonchev–Trinajstić information content (AvgIpc) is 2.47. The van der Waals surface area contributed by atoms with Crippen LogP contribution in [0.4, 0.5) is 5.82 Å². The lowest BCUT2D eigenvalue weighted by Crippen LogP contribution is -2.37. The van der Waals surface area contributed by atoms with Gasteiger partial charge < -0.3 is 10.6 Å². The van der Waals surface area contributed by atoms with E-state index in [-0.39, 0.29) is 5.91 Å². The summed E-state index contributed by atoms with van der Waals surface area (Å²) in [5.74, 6) is 1.61. The molecule has 2 heterocycles. The number of aromatic nitrogens is 1. The van der Waals surface area contributed by atoms with Gasteiger partial charge in [0.25, 0.3) is 0 Å². The van der Waals surface area contributed by atoms with E-state index in [1.807, 2.05) is 19.2 Å². The van der Waals surface area contributed by atoms with Crippen molar-refractivity contribution < 1.29 is 4.79 Å². The van der Waals surface area contributed by atoms with Crippen LogP contribution in [0, 0.1) is 5.92 Å². The summed E-state index contributed by atoms with van der Waals surface area (Å²) in [6, 6.07) is 6.09. The fraction of sp³-hybridized carbons (Fsp3) is 0.600. The second kappa shape index (κ2) is 7.24. The van der Waals surface area contributed by atoms with E-state index in [2.05, 4.69) is 26.6 Å². The first kappa shape index (κ1) is 14.8. The molecule has 0 spiro atoms. The molecule has 0 atom stereocenters. The minimum atomic E-state index is 0.0699. The van der Waals surface area contributed by atoms with Crippen molar-refractivity contribution in [3.05, 3.63) is 23.9 Å². The van der Waals surface area contributed by atoms with Crippen LogP contribution in [0.5, 0.6) is 0 Å². The molecule has 1 saturated heterocycles. The second-order valence-corrected chi connectivity index (χ2v) is 5.42. The number of nitrogens with zero attached hydrogens (tertiary/aromatic N) is 2. The van der Waals surface area contributed by atoms with Crippen molar-refractivity contribution >= 4 is 11.7 Å². The molecule has 1 aliphatic rings. The molecule has 1 aromatic rings. The SMILES string of the molecule is CNc1cccc(CN2CCC(CNC(C)=O)CC2)n1. The number of hydrogen-bond donors (Lipinski definition) is 2. The first-order chi connectivity index (χ1) is 9.67. The summed E-state index contributed by atoms with van der Waals surface area (Å²) in [5.41, 5.74) is 1.11. The van der Waals surface area contributed by atoms with E-state index in [0.717, 1.165) is 50.5 Å².